The summed E-state index contributed by atoms with van der Waals surface area (Å²) in [6.07, 6.45) is 2.05. The molecule has 0 atom stereocenters. The molecule has 1 aliphatic rings. The third-order valence-electron chi connectivity index (χ3n) is 3.48. The van der Waals surface area contributed by atoms with Crippen molar-refractivity contribution < 1.29 is 9.53 Å². The Kier molecular flexibility index (Phi) is 3.01. The SMILES string of the molecule is Cc1c(C(N)=O)cc(C2CCOCC2)n1C. The Morgan fingerprint density at radius 1 is 1.50 bits per heavy atom. The average molecular weight is 222 g/mol. The Balaban J connectivity index is 2.33. The highest BCUT2D eigenvalue weighted by atomic mass is 16.5. The van der Waals surface area contributed by atoms with Crippen molar-refractivity contribution in [3.63, 3.8) is 0 Å². The quantitative estimate of drug-likeness (QED) is 0.820. The third kappa shape index (κ3) is 1.85. The van der Waals surface area contributed by atoms with E-state index in [0.717, 1.165) is 31.7 Å². The van der Waals surface area contributed by atoms with Gasteiger partial charge in [0.2, 0.25) is 0 Å². The van der Waals surface area contributed by atoms with Crippen LogP contribution >= 0.6 is 0 Å². The van der Waals surface area contributed by atoms with Crippen LogP contribution < -0.4 is 5.73 Å². The highest BCUT2D eigenvalue weighted by Gasteiger charge is 2.22. The van der Waals surface area contributed by atoms with Gasteiger partial charge in [-0.1, -0.05) is 0 Å². The van der Waals surface area contributed by atoms with Gasteiger partial charge in [0.15, 0.2) is 0 Å². The molecule has 4 heteroatoms. The van der Waals surface area contributed by atoms with Gasteiger partial charge in [-0.2, -0.15) is 0 Å². The van der Waals surface area contributed by atoms with E-state index in [2.05, 4.69) is 4.57 Å². The van der Waals surface area contributed by atoms with Gasteiger partial charge in [-0.15, -0.1) is 0 Å². The molecule has 4 nitrogen and oxygen atoms in total. The summed E-state index contributed by atoms with van der Waals surface area (Å²) in [7, 11) is 1.99. The first-order valence-corrected chi connectivity index (χ1v) is 5.65. The Labute approximate surface area is 95.4 Å². The smallest absolute Gasteiger partial charge is 0.250 e. The lowest BCUT2D eigenvalue weighted by molar-refractivity contribution is 0.0839. The number of primary amides is 1. The molecular weight excluding hydrogens is 204 g/mol. The first kappa shape index (κ1) is 11.2. The number of carbonyl (C=O) groups is 1. The number of aromatic nitrogens is 1. The van der Waals surface area contributed by atoms with Crippen LogP contribution in [0.3, 0.4) is 0 Å². The number of hydrogen-bond donors (Lipinski definition) is 1. The molecule has 0 saturated carbocycles. The van der Waals surface area contributed by atoms with E-state index in [4.69, 9.17) is 10.5 Å². The Morgan fingerprint density at radius 2 is 2.12 bits per heavy atom. The van der Waals surface area contributed by atoms with E-state index >= 15 is 0 Å². The molecule has 2 N–H and O–H groups in total. The molecule has 1 aliphatic heterocycles. The van der Waals surface area contributed by atoms with E-state index in [1.165, 1.54) is 5.69 Å². The Bertz CT molecular complexity index is 403. The maximum Gasteiger partial charge on any atom is 0.250 e. The molecule has 1 fully saturated rings. The molecule has 0 aliphatic carbocycles. The largest absolute Gasteiger partial charge is 0.381 e. The van der Waals surface area contributed by atoms with Gasteiger partial charge in [-0.25, -0.2) is 0 Å². The van der Waals surface area contributed by atoms with Crippen molar-refractivity contribution in [2.75, 3.05) is 13.2 Å². The predicted molar refractivity (Wildman–Crippen MR) is 61.5 cm³/mol. The van der Waals surface area contributed by atoms with Crippen molar-refractivity contribution >= 4 is 5.91 Å². The topological polar surface area (TPSA) is 57.3 Å². The highest BCUT2D eigenvalue weighted by molar-refractivity contribution is 5.94. The summed E-state index contributed by atoms with van der Waals surface area (Å²) in [6, 6.07) is 1.94. The first-order valence-electron chi connectivity index (χ1n) is 5.65. The van der Waals surface area contributed by atoms with Crippen LogP contribution in [0.1, 0.15) is 40.5 Å². The van der Waals surface area contributed by atoms with E-state index < -0.39 is 0 Å². The van der Waals surface area contributed by atoms with Crippen molar-refractivity contribution in [3.05, 3.63) is 23.0 Å². The second-order valence-electron chi connectivity index (χ2n) is 4.38. The molecule has 0 spiro atoms. The molecule has 1 saturated heterocycles. The van der Waals surface area contributed by atoms with E-state index in [1.807, 2.05) is 20.0 Å². The van der Waals surface area contributed by atoms with Gasteiger partial charge in [0.1, 0.15) is 0 Å². The van der Waals surface area contributed by atoms with Crippen molar-refractivity contribution in [3.8, 4) is 0 Å². The fraction of sp³-hybridized carbons (Fsp3) is 0.583. The van der Waals surface area contributed by atoms with E-state index in [-0.39, 0.29) is 5.91 Å². The highest BCUT2D eigenvalue weighted by Crippen LogP contribution is 2.29. The zero-order valence-corrected chi connectivity index (χ0v) is 9.82. The van der Waals surface area contributed by atoms with Gasteiger partial charge in [0, 0.05) is 37.6 Å². The van der Waals surface area contributed by atoms with E-state index in [0.29, 0.717) is 11.5 Å². The lowest BCUT2D eigenvalue weighted by atomic mass is 9.96. The number of nitrogens with zero attached hydrogens (tertiary/aromatic N) is 1. The zero-order valence-electron chi connectivity index (χ0n) is 9.82. The van der Waals surface area contributed by atoms with Crippen LogP contribution in [0.2, 0.25) is 0 Å². The Morgan fingerprint density at radius 3 is 2.62 bits per heavy atom. The molecule has 0 bridgehead atoms. The summed E-state index contributed by atoms with van der Waals surface area (Å²) in [5.74, 6) is 0.150. The van der Waals surface area contributed by atoms with Crippen LogP contribution in [0.15, 0.2) is 6.07 Å². The molecular formula is C12H18N2O2. The number of amides is 1. The van der Waals surface area contributed by atoms with Crippen molar-refractivity contribution in [1.29, 1.82) is 0 Å². The first-order chi connectivity index (χ1) is 7.61. The number of carbonyl (C=O) groups excluding carboxylic acids is 1. The third-order valence-corrected chi connectivity index (χ3v) is 3.48. The zero-order chi connectivity index (χ0) is 11.7. The number of hydrogen-bond acceptors (Lipinski definition) is 2. The predicted octanol–water partition coefficient (Wildman–Crippen LogP) is 1.33. The monoisotopic (exact) mass is 222 g/mol. The number of rotatable bonds is 2. The summed E-state index contributed by atoms with van der Waals surface area (Å²) >= 11 is 0. The molecule has 2 rings (SSSR count). The second-order valence-corrected chi connectivity index (χ2v) is 4.38. The van der Waals surface area contributed by atoms with Crippen molar-refractivity contribution in [1.82, 2.24) is 4.57 Å². The van der Waals surface area contributed by atoms with Gasteiger partial charge in [0.05, 0.1) is 5.56 Å². The maximum atomic E-state index is 11.3. The molecule has 0 radical (unpaired) electrons. The van der Waals surface area contributed by atoms with Gasteiger partial charge >= 0.3 is 0 Å². The standard InChI is InChI=1S/C12H18N2O2/c1-8-10(12(13)15)7-11(14(8)2)9-3-5-16-6-4-9/h7,9H,3-6H2,1-2H3,(H2,13,15). The number of ether oxygens (including phenoxy) is 1. The summed E-state index contributed by atoms with van der Waals surface area (Å²) in [5, 5.41) is 0. The average Bonchev–Trinajstić information content (AvgIpc) is 2.58. The summed E-state index contributed by atoms with van der Waals surface area (Å²) in [6.45, 7) is 3.55. The summed E-state index contributed by atoms with van der Waals surface area (Å²) < 4.78 is 7.42. The molecule has 1 aromatic heterocycles. The van der Waals surface area contributed by atoms with Gasteiger partial charge in [-0.3, -0.25) is 4.79 Å². The molecule has 0 aromatic carbocycles. The lowest BCUT2D eigenvalue weighted by Crippen LogP contribution is -2.16. The molecule has 88 valence electrons. The van der Waals surface area contributed by atoms with Crippen molar-refractivity contribution in [2.45, 2.75) is 25.7 Å². The van der Waals surface area contributed by atoms with E-state index in [1.54, 1.807) is 0 Å². The summed E-state index contributed by atoms with van der Waals surface area (Å²) in [4.78, 5) is 11.3. The van der Waals surface area contributed by atoms with Crippen LogP contribution in [0.5, 0.6) is 0 Å². The molecule has 1 amide bonds. The minimum Gasteiger partial charge on any atom is -0.381 e. The fourth-order valence-electron chi connectivity index (χ4n) is 2.36. The van der Waals surface area contributed by atoms with Gasteiger partial charge < -0.3 is 15.0 Å². The minimum atomic E-state index is -0.341. The van der Waals surface area contributed by atoms with Crippen LogP contribution in [0.25, 0.3) is 0 Å². The van der Waals surface area contributed by atoms with Gasteiger partial charge in [-0.05, 0) is 25.8 Å². The summed E-state index contributed by atoms with van der Waals surface area (Å²) in [5.41, 5.74) is 8.15. The van der Waals surface area contributed by atoms with Crippen LogP contribution in [0.4, 0.5) is 0 Å². The molecule has 16 heavy (non-hydrogen) atoms. The van der Waals surface area contributed by atoms with Crippen LogP contribution in [0, 0.1) is 6.92 Å². The van der Waals surface area contributed by atoms with Crippen LogP contribution in [-0.2, 0) is 11.8 Å². The fourth-order valence-corrected chi connectivity index (χ4v) is 2.36. The van der Waals surface area contributed by atoms with E-state index in [9.17, 15) is 4.79 Å². The molecule has 1 aromatic rings. The number of nitrogens with two attached hydrogens (primary N) is 1. The molecule has 2 heterocycles. The lowest BCUT2D eigenvalue weighted by Gasteiger charge is -2.22. The van der Waals surface area contributed by atoms with Crippen molar-refractivity contribution in [2.24, 2.45) is 12.8 Å². The second kappa shape index (κ2) is 4.29. The van der Waals surface area contributed by atoms with Gasteiger partial charge in [0.25, 0.3) is 5.91 Å². The Hall–Kier alpha value is -1.29. The normalized spacial score (nSPS) is 17.6. The molecule has 0 unspecified atom stereocenters. The van der Waals surface area contributed by atoms with Crippen LogP contribution in [-0.4, -0.2) is 23.7 Å². The maximum absolute atomic E-state index is 11.3. The minimum absolute atomic E-state index is 0.341.